The lowest BCUT2D eigenvalue weighted by molar-refractivity contribution is -0.142. The zero-order valence-corrected chi connectivity index (χ0v) is 45.0. The van der Waals surface area contributed by atoms with Crippen molar-refractivity contribution in [2.75, 3.05) is 81.8 Å². The predicted molar refractivity (Wildman–Crippen MR) is 285 cm³/mol. The van der Waals surface area contributed by atoms with Gasteiger partial charge >= 0.3 is 0 Å². The number of piperazine rings is 1. The number of thiazole rings is 1. The first-order chi connectivity index (χ1) is 35.2. The number of hydrogen-bond acceptors (Lipinski definition) is 16. The van der Waals surface area contributed by atoms with Crippen LogP contribution in [-0.2, 0) is 14.4 Å². The number of aryl methyl sites for hydroxylation is 2. The molecule has 4 saturated heterocycles. The molecule has 4 aliphatic rings. The number of nitrogens with one attached hydrogen (secondary N) is 1. The van der Waals surface area contributed by atoms with Gasteiger partial charge in [-0.15, -0.1) is 16.4 Å². The summed E-state index contributed by atoms with van der Waals surface area (Å²) in [6, 6.07) is 8.26. The smallest absolute Gasteiger partial charge is 0.248 e. The molecule has 0 radical (unpaired) electrons. The third-order valence-electron chi connectivity index (χ3n) is 15.3. The number of likely N-dealkylation sites (tertiary alicyclic amines) is 1. The topological polar surface area (TPSA) is 208 Å². The van der Waals surface area contributed by atoms with E-state index in [0.29, 0.717) is 82.3 Å². The van der Waals surface area contributed by atoms with Crippen molar-refractivity contribution in [2.45, 2.75) is 107 Å². The van der Waals surface area contributed by atoms with Crippen molar-refractivity contribution < 1.29 is 19.5 Å². The minimum Gasteiger partial charge on any atom is -0.391 e. The monoisotopic (exact) mass is 1050 g/mol. The predicted octanol–water partition coefficient (Wildman–Crippen LogP) is 6.04. The molecule has 4 aliphatic heterocycles. The second-order valence-electron chi connectivity index (χ2n) is 20.9. The fraction of sp³-hybridized carbons (Fsp3) is 0.558. The molecule has 21 heteroatoms. The van der Waals surface area contributed by atoms with E-state index < -0.39 is 18.2 Å². The van der Waals surface area contributed by atoms with Crippen molar-refractivity contribution in [3.8, 4) is 10.4 Å². The number of halogens is 1. The Morgan fingerprint density at radius 1 is 0.945 bits per heavy atom. The van der Waals surface area contributed by atoms with E-state index in [1.165, 1.54) is 16.7 Å². The van der Waals surface area contributed by atoms with Gasteiger partial charge in [0.1, 0.15) is 28.7 Å². The molecule has 5 aromatic rings. The molecule has 0 unspecified atom stereocenters. The van der Waals surface area contributed by atoms with E-state index in [-0.39, 0.29) is 54.0 Å². The van der Waals surface area contributed by atoms with Crippen molar-refractivity contribution in [1.29, 1.82) is 0 Å². The molecule has 4 N–H and O–H groups in total. The number of rotatable bonds is 16. The van der Waals surface area contributed by atoms with Crippen molar-refractivity contribution in [2.24, 2.45) is 23.0 Å². The summed E-state index contributed by atoms with van der Waals surface area (Å²) in [5.41, 5.74) is 11.7. The van der Waals surface area contributed by atoms with E-state index in [4.69, 9.17) is 27.3 Å². The summed E-state index contributed by atoms with van der Waals surface area (Å²) in [6.45, 7) is 17.3. The summed E-state index contributed by atoms with van der Waals surface area (Å²) >= 11 is 10.1. The van der Waals surface area contributed by atoms with E-state index in [0.717, 1.165) is 69.2 Å². The number of nitrogens with two attached hydrogens (primary N) is 1. The summed E-state index contributed by atoms with van der Waals surface area (Å²) in [4.78, 5) is 73.4. The number of hydrogen-bond donors (Lipinski definition) is 3. The number of anilines is 2. The van der Waals surface area contributed by atoms with Gasteiger partial charge in [-0.3, -0.25) is 19.3 Å². The second kappa shape index (κ2) is 23.1. The van der Waals surface area contributed by atoms with Crippen LogP contribution in [-0.4, -0.2) is 157 Å². The molecule has 4 atom stereocenters. The van der Waals surface area contributed by atoms with E-state index >= 15 is 0 Å². The van der Waals surface area contributed by atoms with Crippen LogP contribution in [0.2, 0.25) is 5.02 Å². The zero-order valence-electron chi connectivity index (χ0n) is 42.6. The maximum atomic E-state index is 14.4. The lowest BCUT2D eigenvalue weighted by Gasteiger charge is -2.39. The number of amides is 3. The molecule has 390 valence electrons. The Labute approximate surface area is 441 Å². The Bertz CT molecular complexity index is 2680. The fourth-order valence-electron chi connectivity index (χ4n) is 10.6. The third-order valence-corrected chi connectivity index (χ3v) is 17.8. The van der Waals surface area contributed by atoms with Crippen LogP contribution in [0.25, 0.3) is 10.4 Å². The number of piperidine rings is 2. The summed E-state index contributed by atoms with van der Waals surface area (Å²) in [6.07, 6.45) is 10.6. The van der Waals surface area contributed by atoms with Gasteiger partial charge in [0.25, 0.3) is 0 Å². The molecule has 3 amide bonds. The quantitative estimate of drug-likeness (QED) is 0.103. The van der Waals surface area contributed by atoms with Crippen LogP contribution in [0.5, 0.6) is 0 Å². The van der Waals surface area contributed by atoms with Crippen molar-refractivity contribution in [1.82, 2.24) is 54.9 Å². The summed E-state index contributed by atoms with van der Waals surface area (Å²) in [7, 11) is 0. The van der Waals surface area contributed by atoms with Crippen molar-refractivity contribution in [3.63, 3.8) is 0 Å². The van der Waals surface area contributed by atoms with E-state index in [9.17, 15) is 19.5 Å². The van der Waals surface area contributed by atoms with E-state index in [2.05, 4.69) is 71.5 Å². The molecule has 0 bridgehead atoms. The van der Waals surface area contributed by atoms with Crippen LogP contribution in [0.4, 0.5) is 11.6 Å². The first-order valence-electron chi connectivity index (χ1n) is 25.7. The van der Waals surface area contributed by atoms with Crippen LogP contribution < -0.4 is 20.9 Å². The average Bonchev–Trinajstić information content (AvgIpc) is 4.15. The summed E-state index contributed by atoms with van der Waals surface area (Å²) in [5.74, 6) is 1.01. The number of β-amino-alcohol motifs (C(OH)–C–C–N with tert-alkyl or cyclic N) is 1. The molecular formula is C52H69ClN14O4S2. The number of aromatic nitrogens is 7. The third kappa shape index (κ3) is 12.2. The minimum atomic E-state index is -0.849. The lowest BCUT2D eigenvalue weighted by atomic mass is 9.80. The summed E-state index contributed by atoms with van der Waals surface area (Å²) < 4.78 is 1.56. The Morgan fingerprint density at radius 3 is 2.32 bits per heavy atom. The molecule has 0 spiro atoms. The molecule has 8 heterocycles. The SMILES string of the molecule is Cc1cn([C@H](C(=O)N2C[C@H](O)C[C@H]2C(=O)N[C@@H](CCN2CCN(C(=O)C3CCN(c4nccc(Sc5cnc(N6CCC(C)(CN)CC6)cn5)c4Cl)CC3)CC2)c2ccc(-c3scnc3C)cc2)C(C)C)nn1. The van der Waals surface area contributed by atoms with Crippen LogP contribution in [0.3, 0.4) is 0 Å². The first-order valence-corrected chi connectivity index (χ1v) is 27.8. The molecular weight excluding hydrogens is 984 g/mol. The number of pyridine rings is 1. The first kappa shape index (κ1) is 52.6. The van der Waals surface area contributed by atoms with Gasteiger partial charge in [-0.2, -0.15) is 0 Å². The molecule has 9 rings (SSSR count). The van der Waals surface area contributed by atoms with Crippen LogP contribution in [0.15, 0.2) is 70.6 Å². The number of carbonyl (C=O) groups excluding carboxylic acids is 3. The minimum absolute atomic E-state index is 0.0601. The molecule has 73 heavy (non-hydrogen) atoms. The van der Waals surface area contributed by atoms with Gasteiger partial charge in [0.2, 0.25) is 17.7 Å². The van der Waals surface area contributed by atoms with Crippen molar-refractivity contribution >= 4 is 64.1 Å². The Kier molecular flexibility index (Phi) is 16.7. The highest BCUT2D eigenvalue weighted by Gasteiger charge is 2.43. The maximum absolute atomic E-state index is 14.4. The van der Waals surface area contributed by atoms with Gasteiger partial charge in [0.15, 0.2) is 0 Å². The normalized spacial score (nSPS) is 20.7. The number of benzene rings is 1. The highest BCUT2D eigenvalue weighted by Crippen LogP contribution is 2.39. The number of carbonyl (C=O) groups is 3. The largest absolute Gasteiger partial charge is 0.391 e. The van der Waals surface area contributed by atoms with Crippen molar-refractivity contribution in [3.05, 3.63) is 82.6 Å². The highest BCUT2D eigenvalue weighted by molar-refractivity contribution is 7.99. The molecule has 4 fully saturated rings. The Balaban J connectivity index is 0.785. The lowest BCUT2D eigenvalue weighted by Crippen LogP contribution is -2.52. The van der Waals surface area contributed by atoms with Gasteiger partial charge < -0.3 is 35.8 Å². The van der Waals surface area contributed by atoms with Crippen LogP contribution in [0.1, 0.15) is 88.3 Å². The van der Waals surface area contributed by atoms with Gasteiger partial charge in [-0.05, 0) is 81.0 Å². The molecule has 0 aliphatic carbocycles. The van der Waals surface area contributed by atoms with Gasteiger partial charge in [-0.1, -0.05) is 73.6 Å². The number of aliphatic hydroxyl groups excluding tert-OH is 1. The molecule has 4 aromatic heterocycles. The zero-order chi connectivity index (χ0) is 51.4. The van der Waals surface area contributed by atoms with Crippen LogP contribution in [0, 0.1) is 31.1 Å². The average molecular weight is 1050 g/mol. The Morgan fingerprint density at radius 2 is 1.68 bits per heavy atom. The van der Waals surface area contributed by atoms with Crippen LogP contribution >= 0.6 is 34.7 Å². The highest BCUT2D eigenvalue weighted by atomic mass is 35.5. The van der Waals surface area contributed by atoms with Gasteiger partial charge in [0, 0.05) is 95.1 Å². The molecule has 18 nitrogen and oxygen atoms in total. The van der Waals surface area contributed by atoms with E-state index in [1.54, 1.807) is 34.6 Å². The number of aliphatic hydroxyl groups is 1. The molecule has 0 saturated carbocycles. The number of nitrogens with zero attached hydrogens (tertiary/aromatic N) is 12. The molecule has 1 aromatic carbocycles. The Hall–Kier alpha value is -5.25. The fourth-order valence-corrected chi connectivity index (χ4v) is 12.6. The standard InChI is InChI=1S/C52H69ClN14O4S2/c1-33(2)46(67-29-34(3)60-61-67)51(71)66-30-39(68)26-41(66)49(69)59-40(36-6-8-37(9-7-36)47-35(4)58-32-72-47)13-17-62-22-24-65(25-23-62)50(70)38-11-18-64(19-12-38)48-45(53)42(10-16-55-48)73-44-28-56-43(27-57-44)63-20-14-52(5,31-54)15-21-63/h6-10,16,27-29,32-33,38-41,46,68H,11-15,17-26,30-31,54H2,1-5H3,(H,59,69)/t39-,40+,41+,46+/m1/s1. The maximum Gasteiger partial charge on any atom is 0.248 e. The van der Waals surface area contributed by atoms with Gasteiger partial charge in [-0.25, -0.2) is 24.6 Å². The van der Waals surface area contributed by atoms with E-state index in [1.807, 2.05) is 50.4 Å². The van der Waals surface area contributed by atoms with Gasteiger partial charge in [0.05, 0.1) is 51.3 Å². The summed E-state index contributed by atoms with van der Waals surface area (Å²) in [5, 5.41) is 23.8. The second-order valence-corrected chi connectivity index (χ2v) is 23.2.